The third-order valence-electron chi connectivity index (χ3n) is 3.61. The van der Waals surface area contributed by atoms with Gasteiger partial charge >= 0.3 is 0 Å². The zero-order valence-corrected chi connectivity index (χ0v) is 14.4. The molecule has 0 spiro atoms. The Bertz CT molecular complexity index is 661. The van der Waals surface area contributed by atoms with Crippen molar-refractivity contribution in [3.63, 3.8) is 0 Å². The van der Waals surface area contributed by atoms with Crippen LogP contribution in [0.4, 0.5) is 4.39 Å². The van der Waals surface area contributed by atoms with Crippen LogP contribution in [-0.2, 0) is 4.74 Å². The molecule has 0 bridgehead atoms. The van der Waals surface area contributed by atoms with Gasteiger partial charge in [0.15, 0.2) is 0 Å². The van der Waals surface area contributed by atoms with Crippen LogP contribution in [0, 0.1) is 12.7 Å². The van der Waals surface area contributed by atoms with E-state index in [1.54, 1.807) is 20.3 Å². The summed E-state index contributed by atoms with van der Waals surface area (Å²) in [5, 5.41) is 3.22. The zero-order chi connectivity index (χ0) is 17.4. The molecule has 0 aliphatic rings. The number of nitrogens with one attached hydrogen (secondary N) is 1. The van der Waals surface area contributed by atoms with E-state index in [9.17, 15) is 4.39 Å². The van der Waals surface area contributed by atoms with E-state index in [0.29, 0.717) is 36.8 Å². The second-order valence-electron chi connectivity index (χ2n) is 5.44. The van der Waals surface area contributed by atoms with Gasteiger partial charge in [-0.25, -0.2) is 4.39 Å². The predicted octanol–water partition coefficient (Wildman–Crippen LogP) is 3.42. The minimum absolute atomic E-state index is 0.306. The average Bonchev–Trinajstić information content (AvgIpc) is 2.59. The normalized spacial score (nSPS) is 10.7. The Labute approximate surface area is 142 Å². The van der Waals surface area contributed by atoms with E-state index in [4.69, 9.17) is 14.2 Å². The number of ether oxygens (including phenoxy) is 3. The van der Waals surface area contributed by atoms with Crippen LogP contribution in [0.1, 0.15) is 5.56 Å². The Morgan fingerprint density at radius 2 is 1.62 bits per heavy atom. The molecule has 0 saturated heterocycles. The van der Waals surface area contributed by atoms with Gasteiger partial charge < -0.3 is 19.5 Å². The average molecular weight is 333 g/mol. The fourth-order valence-corrected chi connectivity index (χ4v) is 2.40. The molecule has 0 saturated carbocycles. The molecule has 0 fully saturated rings. The molecule has 5 heteroatoms. The maximum absolute atomic E-state index is 13.7. The SMILES string of the molecule is COCCNCCOc1ccc(C)cc1-c1cc(F)ccc1OC. The molecule has 2 aromatic carbocycles. The van der Waals surface area contributed by atoms with Gasteiger partial charge in [-0.15, -0.1) is 0 Å². The summed E-state index contributed by atoms with van der Waals surface area (Å²) in [5.74, 6) is 1.02. The van der Waals surface area contributed by atoms with Crippen LogP contribution >= 0.6 is 0 Å². The van der Waals surface area contributed by atoms with Gasteiger partial charge in [0, 0.05) is 31.3 Å². The van der Waals surface area contributed by atoms with Gasteiger partial charge in [0.1, 0.15) is 23.9 Å². The molecule has 0 aromatic heterocycles. The molecule has 130 valence electrons. The van der Waals surface area contributed by atoms with E-state index >= 15 is 0 Å². The molecule has 0 aliphatic heterocycles. The second kappa shape index (κ2) is 9.25. The van der Waals surface area contributed by atoms with E-state index in [1.807, 2.05) is 25.1 Å². The van der Waals surface area contributed by atoms with Gasteiger partial charge in [-0.1, -0.05) is 11.6 Å². The van der Waals surface area contributed by atoms with Crippen molar-refractivity contribution >= 4 is 0 Å². The van der Waals surface area contributed by atoms with Gasteiger partial charge in [-0.05, 0) is 37.3 Å². The number of methoxy groups -OCH3 is 2. The highest BCUT2D eigenvalue weighted by Crippen LogP contribution is 2.37. The van der Waals surface area contributed by atoms with Gasteiger partial charge in [0.2, 0.25) is 0 Å². The van der Waals surface area contributed by atoms with Crippen LogP contribution < -0.4 is 14.8 Å². The molecule has 24 heavy (non-hydrogen) atoms. The molecule has 2 aromatic rings. The van der Waals surface area contributed by atoms with Crippen molar-refractivity contribution in [3.8, 4) is 22.6 Å². The molecule has 0 amide bonds. The van der Waals surface area contributed by atoms with Crippen LogP contribution in [0.25, 0.3) is 11.1 Å². The molecule has 2 rings (SSSR count). The highest BCUT2D eigenvalue weighted by Gasteiger charge is 2.13. The largest absolute Gasteiger partial charge is 0.496 e. The third kappa shape index (κ3) is 4.94. The number of aryl methyl sites for hydroxylation is 1. The highest BCUT2D eigenvalue weighted by atomic mass is 19.1. The lowest BCUT2D eigenvalue weighted by Gasteiger charge is -2.15. The van der Waals surface area contributed by atoms with Crippen LogP contribution in [0.5, 0.6) is 11.5 Å². The maximum atomic E-state index is 13.7. The lowest BCUT2D eigenvalue weighted by Crippen LogP contribution is -2.24. The van der Waals surface area contributed by atoms with E-state index in [2.05, 4.69) is 5.32 Å². The van der Waals surface area contributed by atoms with Crippen molar-refractivity contribution in [3.05, 3.63) is 47.8 Å². The second-order valence-corrected chi connectivity index (χ2v) is 5.44. The standard InChI is InChI=1S/C19H24FNO3/c1-14-4-6-19(24-11-9-21-8-10-22-2)16(12-14)17-13-15(20)5-7-18(17)23-3/h4-7,12-13,21H,8-11H2,1-3H3. The Balaban J connectivity index is 2.18. The van der Waals surface area contributed by atoms with Crippen molar-refractivity contribution in [1.82, 2.24) is 5.32 Å². The van der Waals surface area contributed by atoms with Crippen LogP contribution in [0.2, 0.25) is 0 Å². The van der Waals surface area contributed by atoms with Gasteiger partial charge in [-0.2, -0.15) is 0 Å². The van der Waals surface area contributed by atoms with Crippen molar-refractivity contribution in [2.45, 2.75) is 6.92 Å². The van der Waals surface area contributed by atoms with E-state index in [1.165, 1.54) is 12.1 Å². The quantitative estimate of drug-likeness (QED) is 0.714. The summed E-state index contributed by atoms with van der Waals surface area (Å²) in [6.45, 7) is 4.65. The summed E-state index contributed by atoms with van der Waals surface area (Å²) in [7, 11) is 3.25. The molecule has 0 radical (unpaired) electrons. The first-order chi connectivity index (χ1) is 11.7. The molecule has 0 atom stereocenters. The summed E-state index contributed by atoms with van der Waals surface area (Å²) < 4.78 is 29.9. The molecule has 4 nitrogen and oxygen atoms in total. The summed E-state index contributed by atoms with van der Waals surface area (Å²) in [4.78, 5) is 0. The number of rotatable bonds is 9. The van der Waals surface area contributed by atoms with Crippen LogP contribution in [-0.4, -0.2) is 40.5 Å². The van der Waals surface area contributed by atoms with E-state index in [0.717, 1.165) is 17.7 Å². The lowest BCUT2D eigenvalue weighted by atomic mass is 10.0. The zero-order valence-electron chi connectivity index (χ0n) is 14.4. The molecule has 0 heterocycles. The van der Waals surface area contributed by atoms with Gasteiger partial charge in [0.05, 0.1) is 13.7 Å². The maximum Gasteiger partial charge on any atom is 0.127 e. The fraction of sp³-hybridized carbons (Fsp3) is 0.368. The van der Waals surface area contributed by atoms with E-state index in [-0.39, 0.29) is 5.82 Å². The first kappa shape index (κ1) is 18.2. The Morgan fingerprint density at radius 3 is 2.38 bits per heavy atom. The Morgan fingerprint density at radius 1 is 0.917 bits per heavy atom. The first-order valence-corrected chi connectivity index (χ1v) is 7.92. The lowest BCUT2D eigenvalue weighted by molar-refractivity contribution is 0.197. The number of hydrogen-bond donors (Lipinski definition) is 1. The van der Waals surface area contributed by atoms with Crippen molar-refractivity contribution in [1.29, 1.82) is 0 Å². The summed E-state index contributed by atoms with van der Waals surface area (Å²) in [5.41, 5.74) is 2.58. The van der Waals surface area contributed by atoms with Crippen molar-refractivity contribution in [2.24, 2.45) is 0 Å². The number of benzene rings is 2. The molecular formula is C19H24FNO3. The smallest absolute Gasteiger partial charge is 0.127 e. The van der Waals surface area contributed by atoms with Crippen molar-refractivity contribution in [2.75, 3.05) is 40.5 Å². The highest BCUT2D eigenvalue weighted by molar-refractivity contribution is 5.76. The Hall–Kier alpha value is -2.11. The Kier molecular flexibility index (Phi) is 7.03. The minimum atomic E-state index is -0.306. The van der Waals surface area contributed by atoms with Gasteiger partial charge in [0.25, 0.3) is 0 Å². The third-order valence-corrected chi connectivity index (χ3v) is 3.61. The van der Waals surface area contributed by atoms with Crippen LogP contribution in [0.3, 0.4) is 0 Å². The monoisotopic (exact) mass is 333 g/mol. The fourth-order valence-electron chi connectivity index (χ4n) is 2.40. The van der Waals surface area contributed by atoms with E-state index < -0.39 is 0 Å². The molecular weight excluding hydrogens is 309 g/mol. The van der Waals surface area contributed by atoms with Crippen molar-refractivity contribution < 1.29 is 18.6 Å². The van der Waals surface area contributed by atoms with Crippen LogP contribution in [0.15, 0.2) is 36.4 Å². The number of hydrogen-bond acceptors (Lipinski definition) is 4. The predicted molar refractivity (Wildman–Crippen MR) is 93.4 cm³/mol. The summed E-state index contributed by atoms with van der Waals surface area (Å²) in [6, 6.07) is 10.3. The molecule has 0 aliphatic carbocycles. The minimum Gasteiger partial charge on any atom is -0.496 e. The number of halogens is 1. The summed E-state index contributed by atoms with van der Waals surface area (Å²) in [6.07, 6.45) is 0. The van der Waals surface area contributed by atoms with Gasteiger partial charge in [-0.3, -0.25) is 0 Å². The molecule has 1 N–H and O–H groups in total. The molecule has 0 unspecified atom stereocenters. The topological polar surface area (TPSA) is 39.7 Å². The first-order valence-electron chi connectivity index (χ1n) is 7.92. The summed E-state index contributed by atoms with van der Waals surface area (Å²) >= 11 is 0.